The average molecular weight is 310 g/mol. The highest BCUT2D eigenvalue weighted by atomic mass is 35.5. The Hall–Kier alpha value is -1.72. The summed E-state index contributed by atoms with van der Waals surface area (Å²) < 4.78 is 13.4. The number of hydrogen-bond acceptors (Lipinski definition) is 4. The maximum Gasteiger partial charge on any atom is 0.142 e. The van der Waals surface area contributed by atoms with Crippen LogP contribution in [0.3, 0.4) is 0 Å². The third kappa shape index (κ3) is 3.68. The quantitative estimate of drug-likeness (QED) is 0.909. The first-order valence-electron chi connectivity index (χ1n) is 6.57. The molecule has 21 heavy (non-hydrogen) atoms. The second-order valence-corrected chi connectivity index (χ2v) is 5.31. The van der Waals surface area contributed by atoms with Crippen molar-refractivity contribution in [1.82, 2.24) is 9.97 Å². The molecule has 1 atom stereocenters. The minimum absolute atomic E-state index is 0.0387. The number of rotatable bonds is 4. The molecular formula is C15H17ClFN3O. The average Bonchev–Trinajstić information content (AvgIpc) is 2.43. The number of benzene rings is 1. The Labute approximate surface area is 128 Å². The molecule has 4 nitrogen and oxygen atoms in total. The molecule has 2 N–H and O–H groups in total. The number of anilines is 1. The molecule has 0 radical (unpaired) electrons. The highest BCUT2D eigenvalue weighted by molar-refractivity contribution is 6.30. The SMILES string of the molecule is Cc1nc(C)c(C)c(NCC(O)c2ccc(Cl)c(F)c2)n1. The molecule has 0 amide bonds. The van der Waals surface area contributed by atoms with E-state index in [9.17, 15) is 9.50 Å². The third-order valence-electron chi connectivity index (χ3n) is 3.29. The van der Waals surface area contributed by atoms with E-state index in [0.29, 0.717) is 17.2 Å². The lowest BCUT2D eigenvalue weighted by Crippen LogP contribution is -2.15. The number of aliphatic hydroxyl groups is 1. The van der Waals surface area contributed by atoms with Crippen LogP contribution >= 0.6 is 11.6 Å². The molecule has 0 fully saturated rings. The summed E-state index contributed by atoms with van der Waals surface area (Å²) >= 11 is 5.62. The molecule has 0 saturated heterocycles. The zero-order valence-electron chi connectivity index (χ0n) is 12.1. The van der Waals surface area contributed by atoms with Gasteiger partial charge in [0.05, 0.1) is 11.1 Å². The zero-order chi connectivity index (χ0) is 15.6. The van der Waals surface area contributed by atoms with Gasteiger partial charge >= 0.3 is 0 Å². The van der Waals surface area contributed by atoms with Crippen LogP contribution in [0.25, 0.3) is 0 Å². The van der Waals surface area contributed by atoms with Gasteiger partial charge in [-0.05, 0) is 38.5 Å². The van der Waals surface area contributed by atoms with Gasteiger partial charge in [-0.25, -0.2) is 14.4 Å². The Morgan fingerprint density at radius 2 is 2.00 bits per heavy atom. The Bertz CT molecular complexity index is 664. The van der Waals surface area contributed by atoms with Crippen LogP contribution in [0, 0.1) is 26.6 Å². The Kier molecular flexibility index (Phi) is 4.75. The van der Waals surface area contributed by atoms with E-state index in [1.54, 1.807) is 6.07 Å². The van der Waals surface area contributed by atoms with Crippen LogP contribution in [0.1, 0.15) is 28.7 Å². The Balaban J connectivity index is 2.10. The fourth-order valence-electron chi connectivity index (χ4n) is 1.97. The number of nitrogens with zero attached hydrogens (tertiary/aromatic N) is 2. The van der Waals surface area contributed by atoms with Crippen LogP contribution in [0.15, 0.2) is 18.2 Å². The summed E-state index contributed by atoms with van der Waals surface area (Å²) in [6.07, 6.45) is -0.855. The van der Waals surface area contributed by atoms with Crippen LogP contribution < -0.4 is 5.32 Å². The van der Waals surface area contributed by atoms with E-state index in [1.165, 1.54) is 12.1 Å². The zero-order valence-corrected chi connectivity index (χ0v) is 12.9. The number of hydrogen-bond donors (Lipinski definition) is 2. The van der Waals surface area contributed by atoms with Gasteiger partial charge < -0.3 is 10.4 Å². The summed E-state index contributed by atoms with van der Waals surface area (Å²) in [6.45, 7) is 5.84. The van der Waals surface area contributed by atoms with Crippen LogP contribution in [-0.2, 0) is 0 Å². The van der Waals surface area contributed by atoms with Gasteiger partial charge in [0, 0.05) is 17.8 Å². The molecule has 0 saturated carbocycles. The van der Waals surface area contributed by atoms with Crippen molar-refractivity contribution in [3.63, 3.8) is 0 Å². The number of aromatic nitrogens is 2. The molecule has 1 unspecified atom stereocenters. The van der Waals surface area contributed by atoms with Gasteiger partial charge in [-0.15, -0.1) is 0 Å². The first-order valence-corrected chi connectivity index (χ1v) is 6.95. The fourth-order valence-corrected chi connectivity index (χ4v) is 2.09. The lowest BCUT2D eigenvalue weighted by atomic mass is 10.1. The van der Waals surface area contributed by atoms with Crippen molar-refractivity contribution in [1.29, 1.82) is 0 Å². The highest BCUT2D eigenvalue weighted by Gasteiger charge is 2.12. The van der Waals surface area contributed by atoms with Crippen molar-refractivity contribution in [3.05, 3.63) is 51.7 Å². The molecule has 6 heteroatoms. The van der Waals surface area contributed by atoms with Gasteiger partial charge in [-0.3, -0.25) is 0 Å². The van der Waals surface area contributed by atoms with Crippen molar-refractivity contribution >= 4 is 17.4 Å². The van der Waals surface area contributed by atoms with Gasteiger partial charge in [-0.1, -0.05) is 17.7 Å². The lowest BCUT2D eigenvalue weighted by molar-refractivity contribution is 0.191. The molecule has 0 spiro atoms. The summed E-state index contributed by atoms with van der Waals surface area (Å²) in [5, 5.41) is 13.2. The first-order chi connectivity index (χ1) is 9.88. The maximum absolute atomic E-state index is 13.4. The van der Waals surface area contributed by atoms with Crippen molar-refractivity contribution in [3.8, 4) is 0 Å². The van der Waals surface area contributed by atoms with Crippen LogP contribution in [0.4, 0.5) is 10.2 Å². The molecule has 2 rings (SSSR count). The van der Waals surface area contributed by atoms with E-state index in [4.69, 9.17) is 11.6 Å². The highest BCUT2D eigenvalue weighted by Crippen LogP contribution is 2.21. The van der Waals surface area contributed by atoms with Crippen LogP contribution in [-0.4, -0.2) is 21.6 Å². The van der Waals surface area contributed by atoms with E-state index >= 15 is 0 Å². The molecule has 1 aromatic carbocycles. The topological polar surface area (TPSA) is 58.0 Å². The van der Waals surface area contributed by atoms with E-state index in [-0.39, 0.29) is 11.6 Å². The molecule has 0 bridgehead atoms. The summed E-state index contributed by atoms with van der Waals surface area (Å²) in [4.78, 5) is 8.56. The molecule has 0 aliphatic carbocycles. The molecule has 1 aromatic heterocycles. The summed E-state index contributed by atoms with van der Waals surface area (Å²) in [5.41, 5.74) is 2.27. The molecular weight excluding hydrogens is 293 g/mol. The van der Waals surface area contributed by atoms with Gasteiger partial charge in [0.2, 0.25) is 0 Å². The number of aryl methyl sites for hydroxylation is 2. The molecule has 0 aliphatic heterocycles. The van der Waals surface area contributed by atoms with Gasteiger partial charge in [0.25, 0.3) is 0 Å². The molecule has 2 aromatic rings. The van der Waals surface area contributed by atoms with Crippen molar-refractivity contribution in [2.45, 2.75) is 26.9 Å². The van der Waals surface area contributed by atoms with Gasteiger partial charge in [0.15, 0.2) is 0 Å². The van der Waals surface area contributed by atoms with Crippen molar-refractivity contribution < 1.29 is 9.50 Å². The van der Waals surface area contributed by atoms with Gasteiger partial charge in [0.1, 0.15) is 17.5 Å². The largest absolute Gasteiger partial charge is 0.387 e. The van der Waals surface area contributed by atoms with Crippen LogP contribution in [0.2, 0.25) is 5.02 Å². The Morgan fingerprint density at radius 3 is 2.67 bits per heavy atom. The Morgan fingerprint density at radius 1 is 1.29 bits per heavy atom. The van der Waals surface area contributed by atoms with Crippen molar-refractivity contribution in [2.75, 3.05) is 11.9 Å². The van der Waals surface area contributed by atoms with Gasteiger partial charge in [-0.2, -0.15) is 0 Å². The standard InChI is InChI=1S/C15H17ClFN3O/c1-8-9(2)19-10(3)20-15(8)18-7-14(21)11-4-5-12(16)13(17)6-11/h4-6,14,21H,7H2,1-3H3,(H,18,19,20). The number of aliphatic hydroxyl groups excluding tert-OH is 1. The predicted octanol–water partition coefficient (Wildman–Crippen LogP) is 3.34. The summed E-state index contributed by atoms with van der Waals surface area (Å²) in [6, 6.07) is 4.26. The summed E-state index contributed by atoms with van der Waals surface area (Å²) in [5.74, 6) is 0.791. The minimum Gasteiger partial charge on any atom is -0.387 e. The fraction of sp³-hybridized carbons (Fsp3) is 0.333. The lowest BCUT2D eigenvalue weighted by Gasteiger charge is -2.15. The van der Waals surface area contributed by atoms with E-state index in [0.717, 1.165) is 11.3 Å². The maximum atomic E-state index is 13.4. The molecule has 0 aliphatic rings. The van der Waals surface area contributed by atoms with Crippen molar-refractivity contribution in [2.24, 2.45) is 0 Å². The molecule has 1 heterocycles. The predicted molar refractivity (Wildman–Crippen MR) is 81.1 cm³/mol. The molecule has 112 valence electrons. The minimum atomic E-state index is -0.855. The number of nitrogens with one attached hydrogen (secondary N) is 1. The smallest absolute Gasteiger partial charge is 0.142 e. The van der Waals surface area contributed by atoms with E-state index < -0.39 is 11.9 Å². The second-order valence-electron chi connectivity index (χ2n) is 4.90. The third-order valence-corrected chi connectivity index (χ3v) is 3.60. The normalized spacial score (nSPS) is 12.3. The summed E-state index contributed by atoms with van der Waals surface area (Å²) in [7, 11) is 0. The van der Waals surface area contributed by atoms with E-state index in [2.05, 4.69) is 15.3 Å². The number of halogens is 2. The monoisotopic (exact) mass is 309 g/mol. The van der Waals surface area contributed by atoms with E-state index in [1.807, 2.05) is 20.8 Å². The van der Waals surface area contributed by atoms with Crippen LogP contribution in [0.5, 0.6) is 0 Å². The second kappa shape index (κ2) is 6.37. The first kappa shape index (κ1) is 15.7.